The maximum Gasteiger partial charge on any atom is 0.227 e. The third-order valence-electron chi connectivity index (χ3n) is 4.67. The molecular formula is C18H24ClN3O3. The minimum absolute atomic E-state index is 0.0942. The molecule has 2 aliphatic rings. The Morgan fingerprint density at radius 1 is 1.08 bits per heavy atom. The van der Waals surface area contributed by atoms with Crippen molar-refractivity contribution in [3.63, 3.8) is 0 Å². The molecule has 0 spiro atoms. The monoisotopic (exact) mass is 365 g/mol. The number of piperazine rings is 1. The molecule has 2 saturated heterocycles. The number of benzene rings is 1. The highest BCUT2D eigenvalue weighted by molar-refractivity contribution is 6.30. The maximum atomic E-state index is 12.4. The topological polar surface area (TPSA) is 61.9 Å². The Morgan fingerprint density at radius 2 is 1.72 bits per heavy atom. The zero-order valence-electron chi connectivity index (χ0n) is 14.2. The van der Waals surface area contributed by atoms with Crippen LogP contribution >= 0.6 is 11.6 Å². The van der Waals surface area contributed by atoms with Crippen molar-refractivity contribution in [1.82, 2.24) is 15.1 Å². The van der Waals surface area contributed by atoms with Gasteiger partial charge in [0.2, 0.25) is 11.8 Å². The molecule has 25 heavy (non-hydrogen) atoms. The lowest BCUT2D eigenvalue weighted by Crippen LogP contribution is -2.52. The van der Waals surface area contributed by atoms with Gasteiger partial charge < -0.3 is 19.9 Å². The van der Waals surface area contributed by atoms with Gasteiger partial charge in [-0.25, -0.2) is 0 Å². The molecular weight excluding hydrogens is 342 g/mol. The molecule has 1 atom stereocenters. The van der Waals surface area contributed by atoms with Crippen molar-refractivity contribution in [1.29, 1.82) is 0 Å². The van der Waals surface area contributed by atoms with Crippen molar-refractivity contribution in [2.45, 2.75) is 18.9 Å². The summed E-state index contributed by atoms with van der Waals surface area (Å²) in [6.07, 6.45) is 0.827. The second-order valence-corrected chi connectivity index (χ2v) is 6.93. The third-order valence-corrected chi connectivity index (χ3v) is 4.93. The van der Waals surface area contributed by atoms with Crippen LogP contribution in [0.3, 0.4) is 0 Å². The quantitative estimate of drug-likeness (QED) is 0.862. The fourth-order valence-electron chi connectivity index (χ4n) is 3.18. The van der Waals surface area contributed by atoms with Crippen LogP contribution in [0.1, 0.15) is 12.0 Å². The SMILES string of the molecule is O=C(Cc1ccc(Cl)cc1)N1CCN(C(=O)CC2COCCN2)CC1. The van der Waals surface area contributed by atoms with Gasteiger partial charge in [-0.1, -0.05) is 23.7 Å². The van der Waals surface area contributed by atoms with Gasteiger partial charge in [-0.15, -0.1) is 0 Å². The zero-order chi connectivity index (χ0) is 17.6. The van der Waals surface area contributed by atoms with Crippen LogP contribution in [0.4, 0.5) is 0 Å². The Hall–Kier alpha value is -1.63. The molecule has 136 valence electrons. The first kappa shape index (κ1) is 18.2. The lowest BCUT2D eigenvalue weighted by atomic mass is 10.1. The summed E-state index contributed by atoms with van der Waals surface area (Å²) < 4.78 is 5.39. The molecule has 1 aromatic carbocycles. The van der Waals surface area contributed by atoms with E-state index in [1.54, 1.807) is 12.1 Å². The number of amides is 2. The maximum absolute atomic E-state index is 12.4. The Labute approximate surface area is 153 Å². The largest absolute Gasteiger partial charge is 0.378 e. The van der Waals surface area contributed by atoms with E-state index in [0.29, 0.717) is 57.3 Å². The molecule has 0 bridgehead atoms. The van der Waals surface area contributed by atoms with Crippen LogP contribution in [-0.4, -0.2) is 73.6 Å². The van der Waals surface area contributed by atoms with Crippen LogP contribution in [0.15, 0.2) is 24.3 Å². The summed E-state index contributed by atoms with van der Waals surface area (Å²) >= 11 is 5.87. The van der Waals surface area contributed by atoms with E-state index >= 15 is 0 Å². The second-order valence-electron chi connectivity index (χ2n) is 6.49. The van der Waals surface area contributed by atoms with Crippen molar-refractivity contribution in [2.24, 2.45) is 0 Å². The summed E-state index contributed by atoms with van der Waals surface area (Å²) in [5.41, 5.74) is 0.955. The number of ether oxygens (including phenoxy) is 1. The molecule has 0 aromatic heterocycles. The van der Waals surface area contributed by atoms with Crippen LogP contribution in [0, 0.1) is 0 Å². The first-order chi connectivity index (χ1) is 12.1. The van der Waals surface area contributed by atoms with Crippen molar-refractivity contribution >= 4 is 23.4 Å². The van der Waals surface area contributed by atoms with Crippen molar-refractivity contribution < 1.29 is 14.3 Å². The van der Waals surface area contributed by atoms with Gasteiger partial charge in [0.05, 0.1) is 19.6 Å². The number of carbonyl (C=O) groups is 2. The van der Waals surface area contributed by atoms with Gasteiger partial charge in [0.1, 0.15) is 0 Å². The Bertz CT molecular complexity index is 594. The van der Waals surface area contributed by atoms with Crippen LogP contribution in [0.25, 0.3) is 0 Å². The van der Waals surface area contributed by atoms with Crippen molar-refractivity contribution in [3.8, 4) is 0 Å². The molecule has 6 nitrogen and oxygen atoms in total. The summed E-state index contributed by atoms with van der Waals surface area (Å²) in [7, 11) is 0. The van der Waals surface area contributed by atoms with E-state index < -0.39 is 0 Å². The molecule has 0 radical (unpaired) electrons. The average molecular weight is 366 g/mol. The standard InChI is InChI=1S/C18H24ClN3O3/c19-15-3-1-14(2-4-15)11-17(23)21-6-8-22(9-7-21)18(24)12-16-13-25-10-5-20-16/h1-4,16,20H,5-13H2. The molecule has 2 fully saturated rings. The molecule has 7 heteroatoms. The van der Waals surface area contributed by atoms with E-state index in [9.17, 15) is 9.59 Å². The van der Waals surface area contributed by atoms with Crippen molar-refractivity contribution in [3.05, 3.63) is 34.9 Å². The number of nitrogens with zero attached hydrogens (tertiary/aromatic N) is 2. The van der Waals surface area contributed by atoms with Crippen LogP contribution in [-0.2, 0) is 20.7 Å². The third kappa shape index (κ3) is 5.17. The average Bonchev–Trinajstić information content (AvgIpc) is 2.64. The Kier molecular flexibility index (Phi) is 6.29. The molecule has 1 N–H and O–H groups in total. The molecule has 0 aliphatic carbocycles. The summed E-state index contributed by atoms with van der Waals surface area (Å²) in [6.45, 7) is 4.46. The second kappa shape index (κ2) is 8.65. The number of halogens is 1. The van der Waals surface area contributed by atoms with Gasteiger partial charge >= 0.3 is 0 Å². The Balaban J connectivity index is 1.43. The minimum atomic E-state index is 0.0942. The summed E-state index contributed by atoms with van der Waals surface area (Å²) in [5.74, 6) is 0.226. The van der Waals surface area contributed by atoms with E-state index in [-0.39, 0.29) is 17.9 Å². The summed E-state index contributed by atoms with van der Waals surface area (Å²) in [4.78, 5) is 28.5. The van der Waals surface area contributed by atoms with Crippen LogP contribution in [0.5, 0.6) is 0 Å². The van der Waals surface area contributed by atoms with E-state index in [0.717, 1.165) is 12.1 Å². The molecule has 3 rings (SSSR count). The van der Waals surface area contributed by atoms with Gasteiger partial charge in [-0.3, -0.25) is 9.59 Å². The molecule has 2 heterocycles. The minimum Gasteiger partial charge on any atom is -0.378 e. The summed E-state index contributed by atoms with van der Waals surface area (Å²) in [6, 6.07) is 7.44. The smallest absolute Gasteiger partial charge is 0.227 e. The molecule has 2 amide bonds. The predicted molar refractivity (Wildman–Crippen MR) is 95.5 cm³/mol. The first-order valence-corrected chi connectivity index (χ1v) is 9.11. The van der Waals surface area contributed by atoms with Gasteiger partial charge in [-0.05, 0) is 17.7 Å². The van der Waals surface area contributed by atoms with E-state index in [2.05, 4.69) is 5.32 Å². The molecule has 0 saturated carbocycles. The first-order valence-electron chi connectivity index (χ1n) is 8.73. The van der Waals surface area contributed by atoms with Gasteiger partial charge in [0, 0.05) is 50.2 Å². The van der Waals surface area contributed by atoms with Gasteiger partial charge in [0.25, 0.3) is 0 Å². The fourth-order valence-corrected chi connectivity index (χ4v) is 3.31. The Morgan fingerprint density at radius 3 is 2.32 bits per heavy atom. The van der Waals surface area contributed by atoms with Crippen LogP contribution in [0.2, 0.25) is 5.02 Å². The number of nitrogens with one attached hydrogen (secondary N) is 1. The van der Waals surface area contributed by atoms with E-state index in [4.69, 9.17) is 16.3 Å². The molecule has 1 aromatic rings. The van der Waals surface area contributed by atoms with E-state index in [1.807, 2.05) is 21.9 Å². The molecule has 1 unspecified atom stereocenters. The highest BCUT2D eigenvalue weighted by Gasteiger charge is 2.26. The number of carbonyl (C=O) groups excluding carboxylic acids is 2. The summed E-state index contributed by atoms with van der Waals surface area (Å²) in [5, 5.41) is 3.97. The van der Waals surface area contributed by atoms with Crippen LogP contribution < -0.4 is 5.32 Å². The van der Waals surface area contributed by atoms with E-state index in [1.165, 1.54) is 0 Å². The lowest BCUT2D eigenvalue weighted by Gasteiger charge is -2.36. The highest BCUT2D eigenvalue weighted by Crippen LogP contribution is 2.12. The number of rotatable bonds is 4. The normalized spacial score (nSPS) is 21.2. The van der Waals surface area contributed by atoms with Crippen molar-refractivity contribution in [2.75, 3.05) is 45.9 Å². The number of hydrogen-bond donors (Lipinski definition) is 1. The molecule has 2 aliphatic heterocycles. The fraction of sp³-hybridized carbons (Fsp3) is 0.556. The van der Waals surface area contributed by atoms with Gasteiger partial charge in [0.15, 0.2) is 0 Å². The zero-order valence-corrected chi connectivity index (χ0v) is 15.0. The lowest BCUT2D eigenvalue weighted by molar-refractivity contribution is -0.139. The van der Waals surface area contributed by atoms with Gasteiger partial charge in [-0.2, -0.15) is 0 Å². The predicted octanol–water partition coefficient (Wildman–Crippen LogP) is 0.932. The number of morpholine rings is 1. The highest BCUT2D eigenvalue weighted by atomic mass is 35.5. The number of hydrogen-bond acceptors (Lipinski definition) is 4.